The van der Waals surface area contributed by atoms with Gasteiger partial charge in [0, 0.05) is 5.56 Å². The van der Waals surface area contributed by atoms with Crippen molar-refractivity contribution in [2.45, 2.75) is 52.5 Å². The molecule has 3 N–H and O–H groups in total. The van der Waals surface area contributed by atoms with Gasteiger partial charge in [-0.15, -0.1) is 0 Å². The predicted molar refractivity (Wildman–Crippen MR) is 81.0 cm³/mol. The third-order valence-corrected chi connectivity index (χ3v) is 3.66. The molecule has 0 amide bonds. The Kier molecular flexibility index (Phi) is 7.53. The van der Waals surface area contributed by atoms with Crippen molar-refractivity contribution in [3.63, 3.8) is 0 Å². The van der Waals surface area contributed by atoms with Gasteiger partial charge >= 0.3 is 0 Å². The molecule has 108 valence electrons. The van der Waals surface area contributed by atoms with E-state index in [0.717, 1.165) is 12.2 Å². The largest absolute Gasteiger partial charge is 0.494 e. The SMILES string of the molecule is CCCCC(CC)C(NN)c1ccccc1OCC. The molecule has 2 atom stereocenters. The molecule has 0 heterocycles. The molecule has 19 heavy (non-hydrogen) atoms. The van der Waals surface area contributed by atoms with Crippen molar-refractivity contribution >= 4 is 0 Å². The van der Waals surface area contributed by atoms with Gasteiger partial charge in [-0.3, -0.25) is 11.3 Å². The molecule has 0 aliphatic heterocycles. The van der Waals surface area contributed by atoms with Gasteiger partial charge in [0.1, 0.15) is 5.75 Å². The van der Waals surface area contributed by atoms with E-state index in [9.17, 15) is 0 Å². The summed E-state index contributed by atoms with van der Waals surface area (Å²) in [6, 6.07) is 8.36. The lowest BCUT2D eigenvalue weighted by atomic mass is 9.87. The maximum Gasteiger partial charge on any atom is 0.124 e. The Hall–Kier alpha value is -1.06. The number of benzene rings is 1. The predicted octanol–water partition coefficient (Wildman–Crippen LogP) is 3.81. The molecule has 1 rings (SSSR count). The van der Waals surface area contributed by atoms with Gasteiger partial charge < -0.3 is 4.74 Å². The molecule has 3 nitrogen and oxygen atoms in total. The normalized spacial score (nSPS) is 14.1. The van der Waals surface area contributed by atoms with Gasteiger partial charge in [-0.25, -0.2) is 0 Å². The second-order valence-corrected chi connectivity index (χ2v) is 4.93. The summed E-state index contributed by atoms with van der Waals surface area (Å²) in [6.45, 7) is 7.15. The fourth-order valence-electron chi connectivity index (χ4n) is 2.58. The van der Waals surface area contributed by atoms with Crippen LogP contribution in [0.2, 0.25) is 0 Å². The van der Waals surface area contributed by atoms with E-state index in [-0.39, 0.29) is 6.04 Å². The lowest BCUT2D eigenvalue weighted by molar-refractivity contribution is 0.298. The topological polar surface area (TPSA) is 47.3 Å². The van der Waals surface area contributed by atoms with Crippen LogP contribution in [0.4, 0.5) is 0 Å². The van der Waals surface area contributed by atoms with Crippen LogP contribution in [0.1, 0.15) is 58.1 Å². The van der Waals surface area contributed by atoms with Crippen molar-refractivity contribution in [2.75, 3.05) is 6.61 Å². The van der Waals surface area contributed by atoms with E-state index in [2.05, 4.69) is 31.4 Å². The highest BCUT2D eigenvalue weighted by molar-refractivity contribution is 5.36. The smallest absolute Gasteiger partial charge is 0.124 e. The zero-order valence-electron chi connectivity index (χ0n) is 12.5. The van der Waals surface area contributed by atoms with Gasteiger partial charge in [-0.05, 0) is 25.3 Å². The average molecular weight is 264 g/mol. The van der Waals surface area contributed by atoms with Gasteiger partial charge in [-0.1, -0.05) is 51.3 Å². The van der Waals surface area contributed by atoms with E-state index in [1.807, 2.05) is 19.1 Å². The first-order chi connectivity index (χ1) is 9.28. The number of ether oxygens (including phenoxy) is 1. The quantitative estimate of drug-likeness (QED) is 0.527. The molecule has 0 bridgehead atoms. The second kappa shape index (κ2) is 8.94. The maximum absolute atomic E-state index is 5.81. The van der Waals surface area contributed by atoms with Gasteiger partial charge in [0.05, 0.1) is 12.6 Å². The van der Waals surface area contributed by atoms with Gasteiger partial charge in [0.15, 0.2) is 0 Å². The van der Waals surface area contributed by atoms with Crippen molar-refractivity contribution in [3.05, 3.63) is 29.8 Å². The van der Waals surface area contributed by atoms with E-state index >= 15 is 0 Å². The highest BCUT2D eigenvalue weighted by Gasteiger charge is 2.23. The summed E-state index contributed by atoms with van der Waals surface area (Å²) in [5.74, 6) is 7.31. The van der Waals surface area contributed by atoms with Crippen molar-refractivity contribution in [1.29, 1.82) is 0 Å². The second-order valence-electron chi connectivity index (χ2n) is 4.93. The molecule has 0 fully saturated rings. The molecule has 3 heteroatoms. The summed E-state index contributed by atoms with van der Waals surface area (Å²) in [5.41, 5.74) is 4.17. The number of nitrogens with two attached hydrogens (primary N) is 1. The summed E-state index contributed by atoms with van der Waals surface area (Å²) in [5, 5.41) is 0. The van der Waals surface area contributed by atoms with Crippen LogP contribution in [0, 0.1) is 5.92 Å². The zero-order chi connectivity index (χ0) is 14.1. The van der Waals surface area contributed by atoms with Crippen molar-refractivity contribution in [1.82, 2.24) is 5.43 Å². The van der Waals surface area contributed by atoms with Gasteiger partial charge in [-0.2, -0.15) is 0 Å². The Bertz CT molecular complexity index is 354. The molecule has 0 aliphatic rings. The first kappa shape index (κ1) is 16.0. The average Bonchev–Trinajstić information content (AvgIpc) is 2.45. The molecule has 0 radical (unpaired) electrons. The van der Waals surface area contributed by atoms with Crippen LogP contribution in [-0.2, 0) is 0 Å². The summed E-state index contributed by atoms with van der Waals surface area (Å²) < 4.78 is 5.72. The Morgan fingerprint density at radius 2 is 1.95 bits per heavy atom. The summed E-state index contributed by atoms with van der Waals surface area (Å²) in [4.78, 5) is 0. The number of hydrogen-bond acceptors (Lipinski definition) is 3. The van der Waals surface area contributed by atoms with Crippen LogP contribution in [-0.4, -0.2) is 6.61 Å². The van der Waals surface area contributed by atoms with E-state index in [1.165, 1.54) is 24.8 Å². The van der Waals surface area contributed by atoms with Gasteiger partial charge in [0.2, 0.25) is 0 Å². The van der Waals surface area contributed by atoms with E-state index in [4.69, 9.17) is 10.6 Å². The fourth-order valence-corrected chi connectivity index (χ4v) is 2.58. The van der Waals surface area contributed by atoms with Crippen LogP contribution in [0.25, 0.3) is 0 Å². The Morgan fingerprint density at radius 3 is 2.53 bits per heavy atom. The minimum Gasteiger partial charge on any atom is -0.494 e. The molecule has 0 aromatic heterocycles. The number of unbranched alkanes of at least 4 members (excludes halogenated alkanes) is 1. The molecule has 0 spiro atoms. The minimum absolute atomic E-state index is 0.166. The Labute approximate surface area is 117 Å². The molecule has 0 saturated heterocycles. The third kappa shape index (κ3) is 4.51. The van der Waals surface area contributed by atoms with Gasteiger partial charge in [0.25, 0.3) is 0 Å². The molecule has 1 aromatic rings. The highest BCUT2D eigenvalue weighted by Crippen LogP contribution is 2.33. The fraction of sp³-hybridized carbons (Fsp3) is 0.625. The van der Waals surface area contributed by atoms with Crippen LogP contribution >= 0.6 is 0 Å². The number of hydrogen-bond donors (Lipinski definition) is 2. The molecule has 1 aromatic carbocycles. The van der Waals surface area contributed by atoms with E-state index < -0.39 is 0 Å². The van der Waals surface area contributed by atoms with Crippen molar-refractivity contribution < 1.29 is 4.74 Å². The van der Waals surface area contributed by atoms with Crippen LogP contribution < -0.4 is 16.0 Å². The van der Waals surface area contributed by atoms with Crippen LogP contribution in [0.15, 0.2) is 24.3 Å². The Balaban J connectivity index is 2.93. The minimum atomic E-state index is 0.166. The van der Waals surface area contributed by atoms with Crippen LogP contribution in [0.3, 0.4) is 0 Å². The van der Waals surface area contributed by atoms with Crippen molar-refractivity contribution in [2.24, 2.45) is 11.8 Å². The molecular weight excluding hydrogens is 236 g/mol. The van der Waals surface area contributed by atoms with E-state index in [1.54, 1.807) is 0 Å². The third-order valence-electron chi connectivity index (χ3n) is 3.66. The lowest BCUT2D eigenvalue weighted by Crippen LogP contribution is -2.33. The first-order valence-corrected chi connectivity index (χ1v) is 7.46. The number of nitrogens with one attached hydrogen (secondary N) is 1. The number of para-hydroxylation sites is 1. The molecule has 0 saturated carbocycles. The Morgan fingerprint density at radius 1 is 1.21 bits per heavy atom. The molecular formula is C16H28N2O. The first-order valence-electron chi connectivity index (χ1n) is 7.46. The van der Waals surface area contributed by atoms with Crippen LogP contribution in [0.5, 0.6) is 5.75 Å². The highest BCUT2D eigenvalue weighted by atomic mass is 16.5. The maximum atomic E-state index is 5.81. The number of hydrazine groups is 1. The summed E-state index contributed by atoms with van der Waals surface area (Å²) >= 11 is 0. The summed E-state index contributed by atoms with van der Waals surface area (Å²) in [6.07, 6.45) is 4.78. The molecule has 0 aliphatic carbocycles. The van der Waals surface area contributed by atoms with E-state index in [0.29, 0.717) is 12.5 Å². The summed E-state index contributed by atoms with van der Waals surface area (Å²) in [7, 11) is 0. The zero-order valence-corrected chi connectivity index (χ0v) is 12.5. The monoisotopic (exact) mass is 264 g/mol. The molecule has 2 unspecified atom stereocenters. The number of rotatable bonds is 9. The standard InChI is InChI=1S/C16H28N2O/c1-4-7-10-13(5-2)16(18-17)14-11-8-9-12-15(14)19-6-3/h8-9,11-13,16,18H,4-7,10,17H2,1-3H3. The van der Waals surface area contributed by atoms with Crippen molar-refractivity contribution in [3.8, 4) is 5.75 Å². The lowest BCUT2D eigenvalue weighted by Gasteiger charge is -2.27.